The maximum atomic E-state index is 4.08. The fourth-order valence-corrected chi connectivity index (χ4v) is 2.03. The van der Waals surface area contributed by atoms with E-state index in [0.29, 0.717) is 6.04 Å². The Bertz CT molecular complexity index is 326. The van der Waals surface area contributed by atoms with Gasteiger partial charge in [0.25, 0.3) is 0 Å². The molecule has 0 radical (unpaired) electrons. The summed E-state index contributed by atoms with van der Waals surface area (Å²) in [7, 11) is 2.16. The minimum atomic E-state index is 0.514. The average molecular weight is 206 g/mol. The number of nitrogens with zero attached hydrogens (tertiary/aromatic N) is 3. The monoisotopic (exact) mass is 206 g/mol. The number of anilines is 1. The average Bonchev–Trinajstić information content (AvgIpc) is 2.17. The Labute approximate surface area is 90.7 Å². The van der Waals surface area contributed by atoms with Crippen LogP contribution in [0.1, 0.15) is 18.4 Å². The van der Waals surface area contributed by atoms with Crippen LogP contribution in [0.15, 0.2) is 12.3 Å². The first-order valence-corrected chi connectivity index (χ1v) is 5.48. The highest BCUT2D eigenvalue weighted by atomic mass is 15.2. The maximum Gasteiger partial charge on any atom is 0.149 e. The predicted octanol–water partition coefficient (Wildman–Crippen LogP) is 1.29. The van der Waals surface area contributed by atoms with Crippen LogP contribution < -0.4 is 5.32 Å². The molecule has 4 nitrogen and oxygen atoms in total. The molecule has 0 spiro atoms. The van der Waals surface area contributed by atoms with Crippen molar-refractivity contribution in [1.82, 2.24) is 15.1 Å². The van der Waals surface area contributed by atoms with E-state index in [-0.39, 0.29) is 0 Å². The quantitative estimate of drug-likeness (QED) is 0.791. The minimum Gasteiger partial charge on any atom is -0.365 e. The van der Waals surface area contributed by atoms with Crippen LogP contribution in [0.5, 0.6) is 0 Å². The number of rotatable bonds is 2. The third-order valence-corrected chi connectivity index (χ3v) is 2.77. The summed E-state index contributed by atoms with van der Waals surface area (Å²) >= 11 is 0. The second-order valence-corrected chi connectivity index (χ2v) is 4.36. The molecule has 0 aliphatic carbocycles. The van der Waals surface area contributed by atoms with E-state index in [0.717, 1.165) is 17.9 Å². The van der Waals surface area contributed by atoms with E-state index in [9.17, 15) is 0 Å². The first-order chi connectivity index (χ1) is 7.24. The number of likely N-dealkylation sites (N-methyl/N-ethyl adjacent to an activating group) is 1. The van der Waals surface area contributed by atoms with E-state index < -0.39 is 0 Å². The van der Waals surface area contributed by atoms with E-state index in [1.54, 1.807) is 6.20 Å². The number of aryl methyl sites for hydroxylation is 1. The Kier molecular flexibility index (Phi) is 3.16. The predicted molar refractivity (Wildman–Crippen MR) is 60.9 cm³/mol. The SMILES string of the molecule is Cc1cnnc(NC2CCCN(C)C2)c1. The molecule has 0 bridgehead atoms. The second kappa shape index (κ2) is 4.57. The van der Waals surface area contributed by atoms with E-state index in [1.165, 1.54) is 19.4 Å². The van der Waals surface area contributed by atoms with Crippen LogP contribution in [-0.4, -0.2) is 41.3 Å². The highest BCUT2D eigenvalue weighted by Gasteiger charge is 2.16. The van der Waals surface area contributed by atoms with Crippen molar-refractivity contribution >= 4 is 5.82 Å². The van der Waals surface area contributed by atoms with Crippen LogP contribution >= 0.6 is 0 Å². The Balaban J connectivity index is 1.96. The summed E-state index contributed by atoms with van der Waals surface area (Å²) in [4.78, 5) is 2.35. The molecule has 0 saturated carbocycles. The lowest BCUT2D eigenvalue weighted by Crippen LogP contribution is -2.39. The van der Waals surface area contributed by atoms with Crippen molar-refractivity contribution in [3.05, 3.63) is 17.8 Å². The van der Waals surface area contributed by atoms with Gasteiger partial charge in [-0.3, -0.25) is 0 Å². The molecule has 1 unspecified atom stereocenters. The number of piperidine rings is 1. The van der Waals surface area contributed by atoms with Crippen molar-refractivity contribution in [3.8, 4) is 0 Å². The lowest BCUT2D eigenvalue weighted by Gasteiger charge is -2.30. The highest BCUT2D eigenvalue weighted by Crippen LogP contribution is 2.13. The van der Waals surface area contributed by atoms with Crippen LogP contribution in [0.4, 0.5) is 5.82 Å². The van der Waals surface area contributed by atoms with Crippen molar-refractivity contribution in [2.75, 3.05) is 25.5 Å². The van der Waals surface area contributed by atoms with Gasteiger partial charge in [0.1, 0.15) is 5.82 Å². The first kappa shape index (κ1) is 10.4. The lowest BCUT2D eigenvalue weighted by atomic mass is 10.1. The zero-order valence-corrected chi connectivity index (χ0v) is 9.40. The standard InChI is InChI=1S/C11H18N4/c1-9-6-11(14-12-7-9)13-10-4-3-5-15(2)8-10/h6-7,10H,3-5,8H2,1-2H3,(H,13,14). The molecule has 0 aromatic carbocycles. The van der Waals surface area contributed by atoms with Crippen LogP contribution in [0.2, 0.25) is 0 Å². The molecule has 1 N–H and O–H groups in total. The Morgan fingerprint density at radius 3 is 3.13 bits per heavy atom. The number of hydrogen-bond acceptors (Lipinski definition) is 4. The van der Waals surface area contributed by atoms with E-state index >= 15 is 0 Å². The minimum absolute atomic E-state index is 0.514. The summed E-state index contributed by atoms with van der Waals surface area (Å²) in [5, 5.41) is 11.5. The summed E-state index contributed by atoms with van der Waals surface area (Å²) in [6.45, 7) is 4.33. The largest absolute Gasteiger partial charge is 0.365 e. The van der Waals surface area contributed by atoms with Gasteiger partial charge in [-0.2, -0.15) is 5.10 Å². The fourth-order valence-electron chi connectivity index (χ4n) is 2.03. The second-order valence-electron chi connectivity index (χ2n) is 4.36. The van der Waals surface area contributed by atoms with Gasteiger partial charge in [-0.05, 0) is 45.0 Å². The normalized spacial score (nSPS) is 22.7. The lowest BCUT2D eigenvalue weighted by molar-refractivity contribution is 0.260. The fraction of sp³-hybridized carbons (Fsp3) is 0.636. The summed E-state index contributed by atoms with van der Waals surface area (Å²) in [5.41, 5.74) is 1.15. The summed E-state index contributed by atoms with van der Waals surface area (Å²) in [6.07, 6.45) is 4.26. The molecule has 1 aliphatic rings. The van der Waals surface area contributed by atoms with Gasteiger partial charge in [-0.25, -0.2) is 0 Å². The van der Waals surface area contributed by atoms with Gasteiger partial charge in [0.15, 0.2) is 0 Å². The third-order valence-electron chi connectivity index (χ3n) is 2.77. The van der Waals surface area contributed by atoms with Crippen molar-refractivity contribution in [1.29, 1.82) is 0 Å². The maximum absolute atomic E-state index is 4.08. The molecule has 15 heavy (non-hydrogen) atoms. The molecule has 0 amide bonds. The molecular weight excluding hydrogens is 188 g/mol. The number of likely N-dealkylation sites (tertiary alicyclic amines) is 1. The van der Waals surface area contributed by atoms with Gasteiger partial charge in [-0.1, -0.05) is 0 Å². The molecule has 1 saturated heterocycles. The number of nitrogens with one attached hydrogen (secondary N) is 1. The summed E-state index contributed by atoms with van der Waals surface area (Å²) in [6, 6.07) is 2.56. The molecular formula is C11H18N4. The third kappa shape index (κ3) is 2.89. The molecule has 1 fully saturated rings. The van der Waals surface area contributed by atoms with E-state index in [4.69, 9.17) is 0 Å². The number of hydrogen-bond donors (Lipinski definition) is 1. The molecule has 82 valence electrons. The van der Waals surface area contributed by atoms with E-state index in [2.05, 4.69) is 27.5 Å². The zero-order chi connectivity index (χ0) is 10.7. The zero-order valence-electron chi connectivity index (χ0n) is 9.40. The van der Waals surface area contributed by atoms with Gasteiger partial charge in [0, 0.05) is 12.6 Å². The molecule has 4 heteroatoms. The first-order valence-electron chi connectivity index (χ1n) is 5.48. The van der Waals surface area contributed by atoms with Gasteiger partial charge in [0.05, 0.1) is 6.20 Å². The molecule has 1 atom stereocenters. The summed E-state index contributed by atoms with van der Waals surface area (Å²) < 4.78 is 0. The molecule has 2 rings (SSSR count). The summed E-state index contributed by atoms with van der Waals surface area (Å²) in [5.74, 6) is 0.898. The molecule has 1 aromatic heterocycles. The van der Waals surface area contributed by atoms with Crippen LogP contribution in [0.3, 0.4) is 0 Å². The van der Waals surface area contributed by atoms with Crippen LogP contribution in [-0.2, 0) is 0 Å². The Morgan fingerprint density at radius 2 is 2.40 bits per heavy atom. The number of aromatic nitrogens is 2. The molecule has 1 aromatic rings. The van der Waals surface area contributed by atoms with Gasteiger partial charge < -0.3 is 10.2 Å². The molecule has 2 heterocycles. The van der Waals surface area contributed by atoms with Gasteiger partial charge >= 0.3 is 0 Å². The highest BCUT2D eigenvalue weighted by molar-refractivity contribution is 5.36. The van der Waals surface area contributed by atoms with Gasteiger partial charge in [0.2, 0.25) is 0 Å². The van der Waals surface area contributed by atoms with Crippen molar-refractivity contribution in [2.45, 2.75) is 25.8 Å². The van der Waals surface area contributed by atoms with Crippen molar-refractivity contribution in [2.24, 2.45) is 0 Å². The topological polar surface area (TPSA) is 41.1 Å². The van der Waals surface area contributed by atoms with Crippen molar-refractivity contribution < 1.29 is 0 Å². The van der Waals surface area contributed by atoms with Crippen LogP contribution in [0.25, 0.3) is 0 Å². The Morgan fingerprint density at radius 1 is 1.53 bits per heavy atom. The Hall–Kier alpha value is -1.16. The van der Waals surface area contributed by atoms with Crippen LogP contribution in [0, 0.1) is 6.92 Å². The van der Waals surface area contributed by atoms with Crippen molar-refractivity contribution in [3.63, 3.8) is 0 Å². The molecule has 1 aliphatic heterocycles. The smallest absolute Gasteiger partial charge is 0.149 e. The van der Waals surface area contributed by atoms with Gasteiger partial charge in [-0.15, -0.1) is 5.10 Å². The van der Waals surface area contributed by atoms with E-state index in [1.807, 2.05) is 13.0 Å².